The molecular formula is C17H16N2O2. The van der Waals surface area contributed by atoms with Crippen LogP contribution in [0.4, 0.5) is 5.69 Å². The normalized spacial score (nSPS) is 10.8. The Labute approximate surface area is 122 Å². The van der Waals surface area contributed by atoms with Crippen molar-refractivity contribution in [1.29, 1.82) is 0 Å². The number of H-pyrrole nitrogens is 1. The second kappa shape index (κ2) is 4.98. The van der Waals surface area contributed by atoms with E-state index < -0.39 is 0 Å². The molecule has 4 heteroatoms. The van der Waals surface area contributed by atoms with Gasteiger partial charge in [-0.25, -0.2) is 0 Å². The number of rotatable bonds is 2. The van der Waals surface area contributed by atoms with Gasteiger partial charge in [0.05, 0.1) is 0 Å². The van der Waals surface area contributed by atoms with Gasteiger partial charge in [0.1, 0.15) is 11.4 Å². The molecule has 0 atom stereocenters. The zero-order chi connectivity index (χ0) is 15.0. The van der Waals surface area contributed by atoms with Crippen LogP contribution in [0.3, 0.4) is 0 Å². The molecule has 106 valence electrons. The molecule has 0 spiro atoms. The van der Waals surface area contributed by atoms with E-state index in [0.29, 0.717) is 16.9 Å². The Kier molecular flexibility index (Phi) is 3.14. The molecule has 0 aliphatic carbocycles. The predicted octanol–water partition coefficient (Wildman–Crippen LogP) is 3.74. The van der Waals surface area contributed by atoms with Crippen molar-refractivity contribution >= 4 is 22.5 Å². The summed E-state index contributed by atoms with van der Waals surface area (Å²) in [6.07, 6.45) is 0. The fourth-order valence-corrected chi connectivity index (χ4v) is 2.36. The van der Waals surface area contributed by atoms with E-state index in [1.807, 2.05) is 37.3 Å². The fourth-order valence-electron chi connectivity index (χ4n) is 2.36. The van der Waals surface area contributed by atoms with Crippen molar-refractivity contribution in [3.63, 3.8) is 0 Å². The molecule has 1 heterocycles. The number of benzene rings is 2. The molecule has 4 nitrogen and oxygen atoms in total. The van der Waals surface area contributed by atoms with Gasteiger partial charge in [-0.1, -0.05) is 24.3 Å². The van der Waals surface area contributed by atoms with Gasteiger partial charge >= 0.3 is 0 Å². The number of aryl methyl sites for hydroxylation is 1. The maximum absolute atomic E-state index is 12.3. The van der Waals surface area contributed by atoms with E-state index in [4.69, 9.17) is 0 Å². The third-order valence-electron chi connectivity index (χ3n) is 3.66. The van der Waals surface area contributed by atoms with Crippen LogP contribution in [0, 0.1) is 13.8 Å². The molecule has 2 aromatic carbocycles. The third kappa shape index (κ3) is 2.36. The van der Waals surface area contributed by atoms with Crippen molar-refractivity contribution in [1.82, 2.24) is 4.98 Å². The maximum atomic E-state index is 12.3. The van der Waals surface area contributed by atoms with Gasteiger partial charge in [0.15, 0.2) is 0 Å². The Balaban J connectivity index is 1.91. The molecule has 3 rings (SSSR count). The molecule has 0 saturated carbocycles. The van der Waals surface area contributed by atoms with Gasteiger partial charge in [0.2, 0.25) is 0 Å². The zero-order valence-corrected chi connectivity index (χ0v) is 11.9. The fraction of sp³-hybridized carbons (Fsp3) is 0.118. The minimum Gasteiger partial charge on any atom is -0.507 e. The van der Waals surface area contributed by atoms with E-state index in [1.165, 1.54) is 0 Å². The van der Waals surface area contributed by atoms with E-state index in [1.54, 1.807) is 19.1 Å². The van der Waals surface area contributed by atoms with Crippen molar-refractivity contribution in [2.75, 3.05) is 5.32 Å². The number of anilines is 1. The lowest BCUT2D eigenvalue weighted by Gasteiger charge is -2.10. The minimum atomic E-state index is -0.224. The summed E-state index contributed by atoms with van der Waals surface area (Å²) in [5.74, 6) is -0.0120. The molecular weight excluding hydrogens is 264 g/mol. The number of phenols is 1. The Morgan fingerprint density at radius 1 is 1.14 bits per heavy atom. The monoisotopic (exact) mass is 280 g/mol. The molecule has 0 aliphatic heterocycles. The molecule has 0 unspecified atom stereocenters. The number of fused-ring (bicyclic) bond motifs is 1. The van der Waals surface area contributed by atoms with Crippen molar-refractivity contribution in [2.45, 2.75) is 13.8 Å². The number of aromatic nitrogens is 1. The van der Waals surface area contributed by atoms with Crippen LogP contribution in [-0.4, -0.2) is 16.0 Å². The van der Waals surface area contributed by atoms with Gasteiger partial charge in [0, 0.05) is 22.2 Å². The van der Waals surface area contributed by atoms with Crippen LogP contribution in [0.5, 0.6) is 5.75 Å². The second-order valence-electron chi connectivity index (χ2n) is 5.13. The van der Waals surface area contributed by atoms with Crippen molar-refractivity contribution in [2.24, 2.45) is 0 Å². The van der Waals surface area contributed by atoms with E-state index in [9.17, 15) is 9.90 Å². The van der Waals surface area contributed by atoms with E-state index in [0.717, 1.165) is 16.5 Å². The number of aromatic amines is 1. The van der Waals surface area contributed by atoms with Gasteiger partial charge < -0.3 is 15.4 Å². The van der Waals surface area contributed by atoms with Crippen LogP contribution in [0.15, 0.2) is 42.5 Å². The van der Waals surface area contributed by atoms with Gasteiger partial charge in [-0.05, 0) is 37.6 Å². The van der Waals surface area contributed by atoms with Crippen LogP contribution >= 0.6 is 0 Å². The highest BCUT2D eigenvalue weighted by molar-refractivity contribution is 6.06. The summed E-state index contributed by atoms with van der Waals surface area (Å²) in [4.78, 5) is 15.4. The first-order valence-corrected chi connectivity index (χ1v) is 6.74. The average Bonchev–Trinajstić information content (AvgIpc) is 2.92. The summed E-state index contributed by atoms with van der Waals surface area (Å²) < 4.78 is 0. The zero-order valence-electron chi connectivity index (χ0n) is 11.9. The largest absolute Gasteiger partial charge is 0.507 e. The van der Waals surface area contributed by atoms with Gasteiger partial charge in [-0.15, -0.1) is 0 Å². The van der Waals surface area contributed by atoms with Crippen LogP contribution in [0.25, 0.3) is 10.9 Å². The van der Waals surface area contributed by atoms with Crippen LogP contribution in [0.2, 0.25) is 0 Å². The Morgan fingerprint density at radius 2 is 1.90 bits per heavy atom. The SMILES string of the molecule is Cc1ccc(NC(=O)c2cc3ccccc3[nH]2)c(C)c1O. The number of carbonyl (C=O) groups excluding carboxylic acids is 1. The highest BCUT2D eigenvalue weighted by Gasteiger charge is 2.12. The van der Waals surface area contributed by atoms with Crippen molar-refractivity contribution in [3.05, 3.63) is 59.3 Å². The summed E-state index contributed by atoms with van der Waals surface area (Å²) in [5, 5.41) is 13.7. The molecule has 0 bridgehead atoms. The summed E-state index contributed by atoms with van der Waals surface area (Å²) in [6.45, 7) is 3.61. The molecule has 1 aromatic heterocycles. The molecule has 3 N–H and O–H groups in total. The molecule has 0 saturated heterocycles. The van der Waals surface area contributed by atoms with E-state index >= 15 is 0 Å². The first-order valence-electron chi connectivity index (χ1n) is 6.74. The quantitative estimate of drug-likeness (QED) is 0.669. The minimum absolute atomic E-state index is 0.212. The molecule has 3 aromatic rings. The predicted molar refractivity (Wildman–Crippen MR) is 83.8 cm³/mol. The van der Waals surface area contributed by atoms with Crippen LogP contribution < -0.4 is 5.32 Å². The Morgan fingerprint density at radius 3 is 2.67 bits per heavy atom. The first kappa shape index (κ1) is 13.2. The molecule has 1 amide bonds. The number of carbonyl (C=O) groups is 1. The molecule has 0 fully saturated rings. The summed E-state index contributed by atoms with van der Waals surface area (Å²) >= 11 is 0. The topological polar surface area (TPSA) is 65.1 Å². The lowest BCUT2D eigenvalue weighted by atomic mass is 10.1. The maximum Gasteiger partial charge on any atom is 0.272 e. The first-order chi connectivity index (χ1) is 10.1. The van der Waals surface area contributed by atoms with E-state index in [-0.39, 0.29) is 11.7 Å². The van der Waals surface area contributed by atoms with Crippen LogP contribution in [0.1, 0.15) is 21.6 Å². The number of amides is 1. The number of hydrogen-bond donors (Lipinski definition) is 3. The van der Waals surface area contributed by atoms with Gasteiger partial charge in [-0.2, -0.15) is 0 Å². The number of para-hydroxylation sites is 1. The summed E-state index contributed by atoms with van der Waals surface area (Å²) in [6, 6.07) is 13.1. The van der Waals surface area contributed by atoms with Gasteiger partial charge in [0.25, 0.3) is 5.91 Å². The van der Waals surface area contributed by atoms with Crippen LogP contribution in [-0.2, 0) is 0 Å². The molecule has 0 radical (unpaired) electrons. The van der Waals surface area contributed by atoms with Crippen molar-refractivity contribution in [3.8, 4) is 5.75 Å². The summed E-state index contributed by atoms with van der Waals surface area (Å²) in [5.41, 5.74) is 3.49. The average molecular weight is 280 g/mol. The number of phenolic OH excluding ortho intramolecular Hbond substituents is 1. The summed E-state index contributed by atoms with van der Waals surface area (Å²) in [7, 11) is 0. The molecule has 21 heavy (non-hydrogen) atoms. The second-order valence-corrected chi connectivity index (χ2v) is 5.13. The van der Waals surface area contributed by atoms with Gasteiger partial charge in [-0.3, -0.25) is 4.79 Å². The number of nitrogens with one attached hydrogen (secondary N) is 2. The highest BCUT2D eigenvalue weighted by atomic mass is 16.3. The van der Waals surface area contributed by atoms with Crippen molar-refractivity contribution < 1.29 is 9.90 Å². The third-order valence-corrected chi connectivity index (χ3v) is 3.66. The number of aromatic hydroxyl groups is 1. The smallest absolute Gasteiger partial charge is 0.272 e. The standard InChI is InChI=1S/C17H16N2O2/c1-10-7-8-13(11(2)16(10)20)19-17(21)15-9-12-5-3-4-6-14(12)18-15/h3-9,18,20H,1-2H3,(H,19,21). The van der Waals surface area contributed by atoms with E-state index in [2.05, 4.69) is 10.3 Å². The Hall–Kier alpha value is -2.75. The molecule has 0 aliphatic rings. The highest BCUT2D eigenvalue weighted by Crippen LogP contribution is 2.28. The Bertz CT molecular complexity index is 801. The lowest BCUT2D eigenvalue weighted by Crippen LogP contribution is -2.13. The lowest BCUT2D eigenvalue weighted by molar-refractivity contribution is 0.102. The number of hydrogen-bond acceptors (Lipinski definition) is 2.